The Morgan fingerprint density at radius 2 is 1.90 bits per heavy atom. The molecule has 1 amide bonds. The molecule has 0 aliphatic carbocycles. The van der Waals surface area contributed by atoms with Crippen LogP contribution < -0.4 is 10.1 Å². The van der Waals surface area contributed by atoms with Crippen LogP contribution in [-0.4, -0.2) is 38.9 Å². The number of nitrogens with one attached hydrogen (secondary N) is 1. The molecule has 1 fully saturated rings. The number of anilines is 1. The van der Waals surface area contributed by atoms with E-state index in [0.29, 0.717) is 49.1 Å². The first kappa shape index (κ1) is 21.6. The molecule has 0 radical (unpaired) electrons. The van der Waals surface area contributed by atoms with Crippen molar-refractivity contribution in [1.29, 1.82) is 0 Å². The Bertz CT molecular complexity index is 831. The van der Waals surface area contributed by atoms with Crippen molar-refractivity contribution in [3.8, 4) is 5.75 Å². The molecule has 0 saturated carbocycles. The van der Waals surface area contributed by atoms with Gasteiger partial charge in [-0.15, -0.1) is 0 Å². The number of carbonyl (C=O) groups is 1. The summed E-state index contributed by atoms with van der Waals surface area (Å²) in [6, 6.07) is 13.5. The molecule has 1 N–H and O–H groups in total. The summed E-state index contributed by atoms with van der Waals surface area (Å²) in [5, 5.41) is 3.50. The van der Waals surface area contributed by atoms with Crippen LogP contribution in [0.3, 0.4) is 0 Å². The van der Waals surface area contributed by atoms with E-state index in [4.69, 9.17) is 25.8 Å². The molecule has 3 rings (SSSR count). The van der Waals surface area contributed by atoms with E-state index in [1.54, 1.807) is 25.3 Å². The lowest BCUT2D eigenvalue weighted by Crippen LogP contribution is -2.44. The zero-order valence-electron chi connectivity index (χ0n) is 17.2. The van der Waals surface area contributed by atoms with Crippen molar-refractivity contribution < 1.29 is 19.0 Å². The molecule has 0 unspecified atom stereocenters. The molecule has 1 atom stereocenters. The van der Waals surface area contributed by atoms with E-state index in [1.165, 1.54) is 5.56 Å². The zero-order chi connectivity index (χ0) is 20.9. The summed E-state index contributed by atoms with van der Waals surface area (Å²) in [6.45, 7) is 5.54. The highest BCUT2D eigenvalue weighted by Gasteiger charge is 2.41. The number of halogens is 1. The maximum atomic E-state index is 13.4. The van der Waals surface area contributed by atoms with Crippen molar-refractivity contribution in [2.45, 2.75) is 38.2 Å². The Morgan fingerprint density at radius 1 is 1.21 bits per heavy atom. The summed E-state index contributed by atoms with van der Waals surface area (Å²) < 4.78 is 16.4. The fourth-order valence-electron chi connectivity index (χ4n) is 3.65. The molecular formula is C23H28ClNO4. The van der Waals surface area contributed by atoms with Crippen LogP contribution in [0.1, 0.15) is 30.9 Å². The molecular weight excluding hydrogens is 390 g/mol. The number of amides is 1. The van der Waals surface area contributed by atoms with Crippen LogP contribution in [0.5, 0.6) is 5.75 Å². The van der Waals surface area contributed by atoms with Crippen LogP contribution in [0.15, 0.2) is 42.5 Å². The molecule has 0 aromatic heterocycles. The van der Waals surface area contributed by atoms with Crippen LogP contribution in [0.4, 0.5) is 5.69 Å². The average molecular weight is 418 g/mol. The van der Waals surface area contributed by atoms with Gasteiger partial charge in [0.1, 0.15) is 11.9 Å². The second-order valence-electron chi connectivity index (χ2n) is 7.54. The molecule has 156 valence electrons. The molecule has 0 spiro atoms. The van der Waals surface area contributed by atoms with Gasteiger partial charge in [-0.2, -0.15) is 0 Å². The normalized spacial score (nSPS) is 16.8. The van der Waals surface area contributed by atoms with Crippen molar-refractivity contribution >= 4 is 23.2 Å². The molecule has 2 aromatic rings. The first-order chi connectivity index (χ1) is 13.9. The topological polar surface area (TPSA) is 56.8 Å². The molecule has 0 bridgehead atoms. The van der Waals surface area contributed by atoms with Crippen molar-refractivity contribution in [1.82, 2.24) is 0 Å². The van der Waals surface area contributed by atoms with Crippen LogP contribution in [0, 0.1) is 6.92 Å². The number of benzene rings is 2. The second-order valence-corrected chi connectivity index (χ2v) is 7.95. The third kappa shape index (κ3) is 5.10. The van der Waals surface area contributed by atoms with Crippen LogP contribution in [0.2, 0.25) is 5.02 Å². The largest absolute Gasteiger partial charge is 0.487 e. The van der Waals surface area contributed by atoms with Gasteiger partial charge in [0.15, 0.2) is 0 Å². The van der Waals surface area contributed by atoms with Crippen molar-refractivity contribution in [2.24, 2.45) is 0 Å². The summed E-state index contributed by atoms with van der Waals surface area (Å²) in [7, 11) is 1.63. The van der Waals surface area contributed by atoms with Gasteiger partial charge in [-0.05, 0) is 50.5 Å². The summed E-state index contributed by atoms with van der Waals surface area (Å²) in [5.74, 6) is 0.524. The number of rotatable bonds is 7. The highest BCUT2D eigenvalue weighted by atomic mass is 35.5. The van der Waals surface area contributed by atoms with Gasteiger partial charge in [-0.3, -0.25) is 4.79 Å². The van der Waals surface area contributed by atoms with E-state index >= 15 is 0 Å². The van der Waals surface area contributed by atoms with Crippen LogP contribution in [-0.2, 0) is 19.7 Å². The van der Waals surface area contributed by atoms with Gasteiger partial charge in [0.25, 0.3) is 0 Å². The molecule has 1 aliphatic heterocycles. The van der Waals surface area contributed by atoms with Gasteiger partial charge in [-0.25, -0.2) is 0 Å². The lowest BCUT2D eigenvalue weighted by Gasteiger charge is -2.36. The number of hydrogen-bond acceptors (Lipinski definition) is 4. The number of hydrogen-bond donors (Lipinski definition) is 1. The summed E-state index contributed by atoms with van der Waals surface area (Å²) in [6.07, 6.45) is 1.17. The average Bonchev–Trinajstić information content (AvgIpc) is 2.71. The Labute approximate surface area is 177 Å². The van der Waals surface area contributed by atoms with E-state index in [2.05, 4.69) is 5.32 Å². The fraction of sp³-hybridized carbons (Fsp3) is 0.435. The molecule has 2 aromatic carbocycles. The number of carbonyl (C=O) groups excluding carboxylic acids is 1. The van der Waals surface area contributed by atoms with Gasteiger partial charge >= 0.3 is 0 Å². The van der Waals surface area contributed by atoms with Crippen molar-refractivity contribution in [3.63, 3.8) is 0 Å². The predicted octanol–water partition coefficient (Wildman–Crippen LogP) is 4.75. The van der Waals surface area contributed by atoms with Gasteiger partial charge in [-0.1, -0.05) is 41.4 Å². The van der Waals surface area contributed by atoms with Gasteiger partial charge < -0.3 is 19.5 Å². The third-order valence-corrected chi connectivity index (χ3v) is 5.60. The lowest BCUT2D eigenvalue weighted by atomic mass is 9.73. The Hall–Kier alpha value is -2.08. The van der Waals surface area contributed by atoms with E-state index in [-0.39, 0.29) is 12.0 Å². The standard InChI is InChI=1S/C23H28ClNO4/c1-16-4-6-18(7-5-16)23(10-12-28-13-11-23)22(26)25-19-8-9-21(20(24)14-19)29-17(2)15-27-3/h4-9,14,17H,10-13,15H2,1-3H3,(H,25,26)/t17-/m1/s1. The molecule has 6 heteroatoms. The quantitative estimate of drug-likeness (QED) is 0.706. The Kier molecular flexibility index (Phi) is 7.17. The minimum atomic E-state index is -0.611. The van der Waals surface area contributed by atoms with E-state index < -0.39 is 5.41 Å². The lowest BCUT2D eigenvalue weighted by molar-refractivity contribution is -0.125. The zero-order valence-corrected chi connectivity index (χ0v) is 17.9. The molecule has 29 heavy (non-hydrogen) atoms. The highest BCUT2D eigenvalue weighted by molar-refractivity contribution is 6.32. The van der Waals surface area contributed by atoms with Gasteiger partial charge in [0.05, 0.1) is 17.0 Å². The minimum absolute atomic E-state index is 0.0397. The highest BCUT2D eigenvalue weighted by Crippen LogP contribution is 2.37. The SMILES string of the molecule is COC[C@@H](C)Oc1ccc(NC(=O)C2(c3ccc(C)cc3)CCOCC2)cc1Cl. The van der Waals surface area contributed by atoms with Crippen molar-refractivity contribution in [2.75, 3.05) is 32.2 Å². The van der Waals surface area contributed by atoms with E-state index in [1.807, 2.05) is 38.1 Å². The molecule has 1 saturated heterocycles. The maximum Gasteiger partial charge on any atom is 0.235 e. The van der Waals surface area contributed by atoms with Crippen molar-refractivity contribution in [3.05, 3.63) is 58.6 Å². The Balaban J connectivity index is 1.79. The first-order valence-electron chi connectivity index (χ1n) is 9.86. The van der Waals surface area contributed by atoms with Gasteiger partial charge in [0, 0.05) is 26.0 Å². The monoisotopic (exact) mass is 417 g/mol. The minimum Gasteiger partial charge on any atom is -0.487 e. The number of ether oxygens (including phenoxy) is 3. The predicted molar refractivity (Wildman–Crippen MR) is 115 cm³/mol. The molecule has 1 heterocycles. The first-order valence-corrected chi connectivity index (χ1v) is 10.2. The molecule has 5 nitrogen and oxygen atoms in total. The molecule has 1 aliphatic rings. The second kappa shape index (κ2) is 9.61. The van der Waals surface area contributed by atoms with Gasteiger partial charge in [0.2, 0.25) is 5.91 Å². The smallest absolute Gasteiger partial charge is 0.235 e. The third-order valence-electron chi connectivity index (χ3n) is 5.30. The number of aryl methyl sites for hydroxylation is 1. The summed E-state index contributed by atoms with van der Waals surface area (Å²) in [4.78, 5) is 13.4. The van der Waals surface area contributed by atoms with E-state index in [9.17, 15) is 4.79 Å². The number of methoxy groups -OCH3 is 1. The van der Waals surface area contributed by atoms with Crippen LogP contribution in [0.25, 0.3) is 0 Å². The van der Waals surface area contributed by atoms with Crippen LogP contribution >= 0.6 is 11.6 Å². The summed E-state index contributed by atoms with van der Waals surface area (Å²) >= 11 is 6.37. The summed E-state index contributed by atoms with van der Waals surface area (Å²) in [5.41, 5.74) is 2.22. The Morgan fingerprint density at radius 3 is 2.52 bits per heavy atom. The maximum absolute atomic E-state index is 13.4. The van der Waals surface area contributed by atoms with E-state index in [0.717, 1.165) is 5.56 Å². The fourth-order valence-corrected chi connectivity index (χ4v) is 3.87.